The number of rotatable bonds is 80. The lowest BCUT2D eigenvalue weighted by Gasteiger charge is -2.21. The van der Waals surface area contributed by atoms with Crippen LogP contribution in [0.5, 0.6) is 0 Å². The van der Waals surface area contributed by atoms with Crippen LogP contribution in [0.1, 0.15) is 374 Å². The molecular weight excluding hydrogens is 1380 g/mol. The van der Waals surface area contributed by atoms with Crippen LogP contribution in [0.3, 0.4) is 0 Å². The lowest BCUT2D eigenvalue weighted by Crippen LogP contribution is -2.30. The van der Waals surface area contributed by atoms with Gasteiger partial charge in [0, 0.05) is 25.7 Å². The van der Waals surface area contributed by atoms with Crippen LogP contribution >= 0.6 is 15.6 Å². The number of esters is 4. The van der Waals surface area contributed by atoms with Crippen LogP contribution in [0.4, 0.5) is 0 Å². The molecule has 0 aromatic carbocycles. The van der Waals surface area contributed by atoms with Crippen LogP contribution in [-0.4, -0.2) is 96.7 Å². The molecule has 19 heteroatoms. The Morgan fingerprint density at radius 1 is 0.274 bits per heavy atom. The van der Waals surface area contributed by atoms with Crippen LogP contribution in [0.25, 0.3) is 0 Å². The quantitative estimate of drug-likeness (QED) is 0.0169. The molecule has 0 rings (SSSR count). The molecule has 17 nitrogen and oxygen atoms in total. The van der Waals surface area contributed by atoms with Gasteiger partial charge in [-0.1, -0.05) is 337 Å². The third kappa shape index (κ3) is 78.1. The minimum absolute atomic E-state index is 0.0730. The van der Waals surface area contributed by atoms with Gasteiger partial charge in [-0.3, -0.25) is 37.3 Å². The van der Waals surface area contributed by atoms with E-state index >= 15 is 0 Å². The Bertz CT molecular complexity index is 2380. The highest BCUT2D eigenvalue weighted by Gasteiger charge is 2.30. The van der Waals surface area contributed by atoms with Gasteiger partial charge in [0.05, 0.1) is 26.4 Å². The van der Waals surface area contributed by atoms with Crippen LogP contribution in [0, 0.1) is 0 Å². The average Bonchev–Trinajstić information content (AvgIpc) is 0.903. The van der Waals surface area contributed by atoms with Gasteiger partial charge in [-0.05, 0) is 109 Å². The van der Waals surface area contributed by atoms with Crippen LogP contribution in [0.2, 0.25) is 0 Å². The maximum absolute atomic E-state index is 13.1. The number of carbonyl (C=O) groups is 4. The normalized spacial score (nSPS) is 14.3. The van der Waals surface area contributed by atoms with Gasteiger partial charge >= 0.3 is 39.5 Å². The summed E-state index contributed by atoms with van der Waals surface area (Å²) >= 11 is 0. The molecule has 0 bridgehead atoms. The Morgan fingerprint density at radius 2 is 0.491 bits per heavy atom. The number of phosphoric acid groups is 2. The monoisotopic (exact) mass is 1530 g/mol. The molecule has 0 saturated heterocycles. The largest absolute Gasteiger partial charge is 0.472 e. The molecule has 106 heavy (non-hydrogen) atoms. The second kappa shape index (κ2) is 79.1. The van der Waals surface area contributed by atoms with E-state index in [4.69, 9.17) is 37.0 Å². The van der Waals surface area contributed by atoms with E-state index in [2.05, 4.69) is 125 Å². The molecule has 0 aliphatic rings. The van der Waals surface area contributed by atoms with Crippen LogP contribution < -0.4 is 0 Å². The lowest BCUT2D eigenvalue weighted by atomic mass is 10.0. The van der Waals surface area contributed by atoms with E-state index in [1.54, 1.807) is 0 Å². The Hall–Kier alpha value is -4.02. The Labute approximate surface area is 646 Å². The second-order valence-corrected chi connectivity index (χ2v) is 31.3. The SMILES string of the molecule is CC/C=C\C/C=C\C/C=C\C/C=C\C/C=C\CCCCCC(=O)OCC(COP(=O)(O)OCC(O)COP(=O)(O)OCC(COC(=O)CCCCCCCCCCCCCCCCC)OC(=O)CCCCCCCCCCCCCCC)OC(=O)CCCCCCCC/C=C\C/C=C\C/C=C\CCCCC. The third-order valence-corrected chi connectivity index (χ3v) is 20.0. The van der Waals surface area contributed by atoms with Crippen molar-refractivity contribution in [2.45, 2.75) is 393 Å². The Kier molecular flexibility index (Phi) is 76.1. The van der Waals surface area contributed by atoms with Crippen molar-refractivity contribution in [1.29, 1.82) is 0 Å². The molecule has 0 saturated carbocycles. The first-order valence-electron chi connectivity index (χ1n) is 42.5. The number of allylic oxidation sites excluding steroid dienone is 16. The van der Waals surface area contributed by atoms with Gasteiger partial charge < -0.3 is 33.8 Å². The van der Waals surface area contributed by atoms with Crippen molar-refractivity contribution >= 4 is 39.5 Å². The van der Waals surface area contributed by atoms with E-state index in [1.165, 1.54) is 141 Å². The van der Waals surface area contributed by atoms with E-state index in [9.17, 15) is 43.2 Å². The number of carbonyl (C=O) groups excluding carboxylic acids is 4. The molecule has 0 aliphatic carbocycles. The van der Waals surface area contributed by atoms with Crippen LogP contribution in [0.15, 0.2) is 97.2 Å². The molecule has 0 fully saturated rings. The number of ether oxygens (including phenoxy) is 4. The summed E-state index contributed by atoms with van der Waals surface area (Å²) < 4.78 is 68.8. The summed E-state index contributed by atoms with van der Waals surface area (Å²) in [6, 6.07) is 0. The zero-order valence-electron chi connectivity index (χ0n) is 67.3. The fraction of sp³-hybridized carbons (Fsp3) is 0.770. The first kappa shape index (κ1) is 102. The third-order valence-electron chi connectivity index (χ3n) is 18.1. The zero-order chi connectivity index (χ0) is 77.4. The summed E-state index contributed by atoms with van der Waals surface area (Å²) in [7, 11) is -9.97. The molecule has 5 unspecified atom stereocenters. The fourth-order valence-corrected chi connectivity index (χ4v) is 13.2. The minimum atomic E-state index is -4.99. The number of phosphoric ester groups is 2. The molecule has 0 aromatic rings. The summed E-state index contributed by atoms with van der Waals surface area (Å²) in [5.74, 6) is -2.20. The predicted molar refractivity (Wildman–Crippen MR) is 436 cm³/mol. The zero-order valence-corrected chi connectivity index (χ0v) is 69.1. The van der Waals surface area contributed by atoms with Crippen molar-refractivity contribution in [3.63, 3.8) is 0 Å². The van der Waals surface area contributed by atoms with E-state index in [1.807, 2.05) is 0 Å². The highest BCUT2D eigenvalue weighted by atomic mass is 31.2. The number of hydrogen-bond acceptors (Lipinski definition) is 15. The highest BCUT2D eigenvalue weighted by molar-refractivity contribution is 7.47. The molecule has 0 amide bonds. The predicted octanol–water partition coefficient (Wildman–Crippen LogP) is 25.1. The van der Waals surface area contributed by atoms with Crippen molar-refractivity contribution in [3.05, 3.63) is 97.2 Å². The molecule has 0 radical (unpaired) electrons. The summed E-state index contributed by atoms with van der Waals surface area (Å²) in [5.41, 5.74) is 0. The van der Waals surface area contributed by atoms with Crippen molar-refractivity contribution in [2.75, 3.05) is 39.6 Å². The Balaban J connectivity index is 5.38. The van der Waals surface area contributed by atoms with Crippen molar-refractivity contribution in [3.8, 4) is 0 Å². The van der Waals surface area contributed by atoms with E-state index in [-0.39, 0.29) is 25.7 Å². The maximum Gasteiger partial charge on any atom is 0.472 e. The van der Waals surface area contributed by atoms with Gasteiger partial charge in [0.2, 0.25) is 0 Å². The van der Waals surface area contributed by atoms with Crippen molar-refractivity contribution < 1.29 is 80.2 Å². The molecule has 614 valence electrons. The molecule has 5 atom stereocenters. The summed E-state index contributed by atoms with van der Waals surface area (Å²) in [4.78, 5) is 73.2. The summed E-state index contributed by atoms with van der Waals surface area (Å²) in [5, 5.41) is 10.7. The number of aliphatic hydroxyl groups excluding tert-OH is 1. The molecule has 0 spiro atoms. The van der Waals surface area contributed by atoms with Gasteiger partial charge in [-0.2, -0.15) is 0 Å². The molecule has 3 N–H and O–H groups in total. The van der Waals surface area contributed by atoms with Gasteiger partial charge in [0.25, 0.3) is 0 Å². The molecule has 0 heterocycles. The maximum atomic E-state index is 13.1. The minimum Gasteiger partial charge on any atom is -0.462 e. The van der Waals surface area contributed by atoms with E-state index < -0.39 is 97.5 Å². The number of unbranched alkanes of at least 4 members (excludes halogenated alkanes) is 38. The van der Waals surface area contributed by atoms with E-state index in [0.717, 1.165) is 154 Å². The summed E-state index contributed by atoms with van der Waals surface area (Å²) in [6.07, 6.45) is 85.1. The molecule has 0 aromatic heterocycles. The first-order chi connectivity index (χ1) is 51.7. The smallest absolute Gasteiger partial charge is 0.462 e. The average molecular weight is 1530 g/mol. The van der Waals surface area contributed by atoms with Gasteiger partial charge in [0.15, 0.2) is 12.2 Å². The molecule has 0 aliphatic heterocycles. The standard InChI is InChI=1S/C87H154O17P2/c1-5-9-13-17-21-25-29-33-36-38-40-42-45-49-52-56-60-64-68-72-85(90)98-78-83(104-87(92)74-70-66-62-58-54-50-46-43-41-39-37-34-30-26-22-18-14-10-6-2)80-102-106(95,96)100-76-81(88)75-99-105(93,94)101-79-82(103-86(91)73-69-65-61-57-53-47-32-28-24-20-16-12-8-4)77-97-84(89)71-67-63-59-55-51-48-44-35-31-27-23-19-15-11-7-3/h9,13,21-22,25-26,33-34,36-37,40-43,49,52,81-83,88H,5-8,10-12,14-20,23-24,27-32,35,38-39,44-48,50-51,53-80H2,1-4H3,(H,93,94)(H,95,96)/b13-9-,25-21-,26-22-,36-33-,37-34-,42-40-,43-41-,52-49-. The lowest BCUT2D eigenvalue weighted by molar-refractivity contribution is -0.161. The number of hydrogen-bond donors (Lipinski definition) is 3. The topological polar surface area (TPSA) is 237 Å². The van der Waals surface area contributed by atoms with Gasteiger partial charge in [-0.25, -0.2) is 9.13 Å². The first-order valence-corrected chi connectivity index (χ1v) is 45.5. The summed E-state index contributed by atoms with van der Waals surface area (Å²) in [6.45, 7) is 4.76. The van der Waals surface area contributed by atoms with Gasteiger partial charge in [-0.15, -0.1) is 0 Å². The fourth-order valence-electron chi connectivity index (χ4n) is 11.6. The van der Waals surface area contributed by atoms with Crippen molar-refractivity contribution in [2.24, 2.45) is 0 Å². The van der Waals surface area contributed by atoms with E-state index in [0.29, 0.717) is 25.7 Å². The number of aliphatic hydroxyl groups is 1. The molecular formula is C87H154O17P2. The highest BCUT2D eigenvalue weighted by Crippen LogP contribution is 2.45. The van der Waals surface area contributed by atoms with Gasteiger partial charge in [0.1, 0.15) is 19.3 Å². The van der Waals surface area contributed by atoms with Crippen molar-refractivity contribution in [1.82, 2.24) is 0 Å². The van der Waals surface area contributed by atoms with Crippen LogP contribution in [-0.2, 0) is 65.4 Å². The Morgan fingerprint density at radius 3 is 0.783 bits per heavy atom. The second-order valence-electron chi connectivity index (χ2n) is 28.4.